The number of rotatable bonds is 5. The first-order valence-electron chi connectivity index (χ1n) is 7.93. The molecule has 1 fully saturated rings. The molecule has 1 aliphatic heterocycles. The zero-order chi connectivity index (χ0) is 15.2. The minimum absolute atomic E-state index is 0.0362. The van der Waals surface area contributed by atoms with E-state index in [2.05, 4.69) is 15.2 Å². The highest BCUT2D eigenvalue weighted by atomic mass is 16.1. The average Bonchev–Trinajstić information content (AvgIpc) is 3.06. The van der Waals surface area contributed by atoms with Crippen LogP contribution < -0.4 is 5.32 Å². The van der Waals surface area contributed by atoms with E-state index < -0.39 is 0 Å². The van der Waals surface area contributed by atoms with Gasteiger partial charge in [0.25, 0.3) is 5.91 Å². The number of amides is 1. The second-order valence-electron chi connectivity index (χ2n) is 5.63. The van der Waals surface area contributed by atoms with Gasteiger partial charge in [0, 0.05) is 25.5 Å². The number of carbonyl (C=O) groups is 1. The van der Waals surface area contributed by atoms with Gasteiger partial charge in [0.15, 0.2) is 0 Å². The first kappa shape index (κ1) is 14.8. The summed E-state index contributed by atoms with van der Waals surface area (Å²) in [7, 11) is 0. The smallest absolute Gasteiger partial charge is 0.268 e. The summed E-state index contributed by atoms with van der Waals surface area (Å²) in [6.07, 6.45) is 9.25. The highest BCUT2D eigenvalue weighted by Crippen LogP contribution is 2.11. The van der Waals surface area contributed by atoms with Gasteiger partial charge < -0.3 is 14.8 Å². The van der Waals surface area contributed by atoms with Crippen LogP contribution in [0, 0.1) is 0 Å². The van der Waals surface area contributed by atoms with E-state index in [0.717, 1.165) is 25.3 Å². The number of likely N-dealkylation sites (tertiary alicyclic amines) is 1. The zero-order valence-corrected chi connectivity index (χ0v) is 12.7. The number of hydrogen-bond donors (Lipinski definition) is 1. The van der Waals surface area contributed by atoms with Crippen LogP contribution >= 0.6 is 0 Å². The quantitative estimate of drug-likeness (QED) is 0.919. The molecule has 0 aliphatic carbocycles. The highest BCUT2D eigenvalue weighted by molar-refractivity contribution is 5.93. The van der Waals surface area contributed by atoms with Gasteiger partial charge in [-0.25, -0.2) is 0 Å². The molecule has 1 amide bonds. The number of carbonyl (C=O) groups excluding carboxylic acids is 1. The Morgan fingerprint density at radius 2 is 2.05 bits per heavy atom. The first-order chi connectivity index (χ1) is 10.8. The van der Waals surface area contributed by atoms with E-state index in [9.17, 15) is 4.79 Å². The predicted molar refractivity (Wildman–Crippen MR) is 86.2 cm³/mol. The molecule has 0 unspecified atom stereocenters. The van der Waals surface area contributed by atoms with Crippen LogP contribution in [0.5, 0.6) is 0 Å². The molecule has 5 nitrogen and oxygen atoms in total. The molecule has 0 spiro atoms. The van der Waals surface area contributed by atoms with E-state index in [1.54, 1.807) is 12.4 Å². The zero-order valence-electron chi connectivity index (χ0n) is 12.7. The van der Waals surface area contributed by atoms with Gasteiger partial charge >= 0.3 is 0 Å². The lowest BCUT2D eigenvalue weighted by Crippen LogP contribution is -2.38. The van der Waals surface area contributed by atoms with Crippen molar-refractivity contribution in [2.75, 3.05) is 26.2 Å². The second-order valence-corrected chi connectivity index (χ2v) is 5.63. The summed E-state index contributed by atoms with van der Waals surface area (Å²) >= 11 is 0. The Hall–Kier alpha value is -2.14. The molecule has 0 atom stereocenters. The minimum Gasteiger partial charge on any atom is -0.349 e. The molecule has 1 aliphatic rings. The minimum atomic E-state index is -0.0362. The number of piperidine rings is 1. The molecule has 2 aromatic rings. The molecule has 0 aromatic carbocycles. The van der Waals surface area contributed by atoms with E-state index in [1.165, 1.54) is 19.3 Å². The lowest BCUT2D eigenvalue weighted by atomic mass is 10.1. The topological polar surface area (TPSA) is 50.2 Å². The summed E-state index contributed by atoms with van der Waals surface area (Å²) in [5.74, 6) is -0.0362. The molecule has 0 radical (unpaired) electrons. The van der Waals surface area contributed by atoms with Crippen molar-refractivity contribution in [3.63, 3.8) is 0 Å². The standard InChI is InChI=1S/C17H22N4O/c22-17(19-9-13-20-10-2-1-3-11-20)16-7-5-12-21(16)15-6-4-8-18-14-15/h4-8,12,14H,1-3,9-11,13H2,(H,19,22). The Morgan fingerprint density at radius 3 is 2.82 bits per heavy atom. The molecule has 116 valence electrons. The fourth-order valence-electron chi connectivity index (χ4n) is 2.89. The van der Waals surface area contributed by atoms with Gasteiger partial charge in [-0.2, -0.15) is 0 Å². The van der Waals surface area contributed by atoms with Crippen LogP contribution in [-0.4, -0.2) is 46.5 Å². The van der Waals surface area contributed by atoms with Crippen LogP contribution in [0.3, 0.4) is 0 Å². The molecule has 0 saturated carbocycles. The summed E-state index contributed by atoms with van der Waals surface area (Å²) < 4.78 is 1.86. The molecular weight excluding hydrogens is 276 g/mol. The Bertz CT molecular complexity index is 602. The molecule has 1 saturated heterocycles. The van der Waals surface area contributed by atoms with E-state index in [1.807, 2.05) is 35.0 Å². The lowest BCUT2D eigenvalue weighted by molar-refractivity contribution is 0.0940. The summed E-state index contributed by atoms with van der Waals surface area (Å²) in [5, 5.41) is 3.02. The Balaban J connectivity index is 1.58. The number of aromatic nitrogens is 2. The van der Waals surface area contributed by atoms with Crippen LogP contribution in [0.4, 0.5) is 0 Å². The molecule has 5 heteroatoms. The van der Waals surface area contributed by atoms with E-state index in [0.29, 0.717) is 12.2 Å². The summed E-state index contributed by atoms with van der Waals surface area (Å²) in [5.41, 5.74) is 1.54. The number of pyridine rings is 1. The fraction of sp³-hybridized carbons (Fsp3) is 0.412. The Kier molecular flexibility index (Phi) is 4.85. The largest absolute Gasteiger partial charge is 0.349 e. The molecule has 22 heavy (non-hydrogen) atoms. The molecule has 2 aromatic heterocycles. The van der Waals surface area contributed by atoms with Crippen molar-refractivity contribution < 1.29 is 4.79 Å². The third-order valence-corrected chi connectivity index (χ3v) is 4.07. The van der Waals surface area contributed by atoms with E-state index >= 15 is 0 Å². The van der Waals surface area contributed by atoms with Crippen molar-refractivity contribution in [2.24, 2.45) is 0 Å². The SMILES string of the molecule is O=C(NCCN1CCCCC1)c1cccn1-c1cccnc1. The van der Waals surface area contributed by atoms with Crippen LogP contribution in [0.1, 0.15) is 29.8 Å². The monoisotopic (exact) mass is 298 g/mol. The van der Waals surface area contributed by atoms with Crippen molar-refractivity contribution in [1.29, 1.82) is 0 Å². The van der Waals surface area contributed by atoms with Crippen molar-refractivity contribution >= 4 is 5.91 Å². The van der Waals surface area contributed by atoms with Crippen molar-refractivity contribution in [2.45, 2.75) is 19.3 Å². The summed E-state index contributed by atoms with van der Waals surface area (Å²) in [6.45, 7) is 3.93. The van der Waals surface area contributed by atoms with Crippen LogP contribution in [0.15, 0.2) is 42.9 Å². The molecule has 3 rings (SSSR count). The van der Waals surface area contributed by atoms with Gasteiger partial charge in [-0.05, 0) is 50.2 Å². The Labute approximate surface area is 131 Å². The third kappa shape index (κ3) is 3.54. The van der Waals surface area contributed by atoms with Crippen molar-refractivity contribution in [3.8, 4) is 5.69 Å². The average molecular weight is 298 g/mol. The van der Waals surface area contributed by atoms with Crippen molar-refractivity contribution in [1.82, 2.24) is 19.8 Å². The number of hydrogen-bond acceptors (Lipinski definition) is 3. The van der Waals surface area contributed by atoms with Gasteiger partial charge in [-0.15, -0.1) is 0 Å². The van der Waals surface area contributed by atoms with Gasteiger partial charge in [-0.3, -0.25) is 9.78 Å². The summed E-state index contributed by atoms with van der Waals surface area (Å²) in [6, 6.07) is 7.53. The first-order valence-corrected chi connectivity index (χ1v) is 7.93. The van der Waals surface area contributed by atoms with Crippen LogP contribution in [0.25, 0.3) is 5.69 Å². The van der Waals surface area contributed by atoms with E-state index in [-0.39, 0.29) is 5.91 Å². The maximum Gasteiger partial charge on any atom is 0.268 e. The van der Waals surface area contributed by atoms with Crippen LogP contribution in [0.2, 0.25) is 0 Å². The van der Waals surface area contributed by atoms with Gasteiger partial charge in [0.05, 0.1) is 11.9 Å². The normalized spacial score (nSPS) is 15.6. The van der Waals surface area contributed by atoms with E-state index in [4.69, 9.17) is 0 Å². The fourth-order valence-corrected chi connectivity index (χ4v) is 2.89. The second kappa shape index (κ2) is 7.22. The van der Waals surface area contributed by atoms with Crippen molar-refractivity contribution in [3.05, 3.63) is 48.5 Å². The summed E-state index contributed by atoms with van der Waals surface area (Å²) in [4.78, 5) is 18.9. The lowest BCUT2D eigenvalue weighted by Gasteiger charge is -2.26. The number of nitrogens with one attached hydrogen (secondary N) is 1. The van der Waals surface area contributed by atoms with Gasteiger partial charge in [0.2, 0.25) is 0 Å². The third-order valence-electron chi connectivity index (χ3n) is 4.07. The number of nitrogens with zero attached hydrogens (tertiary/aromatic N) is 3. The molecule has 1 N–H and O–H groups in total. The molecule has 0 bridgehead atoms. The predicted octanol–water partition coefficient (Wildman–Crippen LogP) is 2.09. The Morgan fingerprint density at radius 1 is 1.18 bits per heavy atom. The maximum atomic E-state index is 12.4. The maximum absolute atomic E-state index is 12.4. The van der Waals surface area contributed by atoms with Gasteiger partial charge in [-0.1, -0.05) is 6.42 Å². The molecule has 3 heterocycles. The van der Waals surface area contributed by atoms with Crippen LogP contribution in [-0.2, 0) is 0 Å². The van der Waals surface area contributed by atoms with Gasteiger partial charge in [0.1, 0.15) is 5.69 Å². The molecular formula is C17H22N4O. The highest BCUT2D eigenvalue weighted by Gasteiger charge is 2.13.